The predicted octanol–water partition coefficient (Wildman–Crippen LogP) is 3.01. The second-order valence-corrected chi connectivity index (χ2v) is 5.74. The Balaban J connectivity index is 1.72. The summed E-state index contributed by atoms with van der Waals surface area (Å²) < 4.78 is 28.0. The summed E-state index contributed by atoms with van der Waals surface area (Å²) in [6, 6.07) is 12.0. The highest BCUT2D eigenvalue weighted by atomic mass is 19.1. The smallest absolute Gasteiger partial charge is 0.146 e. The molecule has 122 valence electrons. The Morgan fingerprint density at radius 3 is 2.13 bits per heavy atom. The van der Waals surface area contributed by atoms with Gasteiger partial charge in [-0.1, -0.05) is 18.2 Å². The summed E-state index contributed by atoms with van der Waals surface area (Å²) in [6.07, 6.45) is 0. The number of hydrogen-bond acceptors (Lipinski definition) is 3. The number of nitrogens with zero attached hydrogens (tertiary/aromatic N) is 2. The Bertz CT molecular complexity index is 667. The number of piperazine rings is 1. The number of nitrogens with one attached hydrogen (secondary N) is 1. The Hall–Kier alpha value is -2.14. The highest BCUT2D eigenvalue weighted by molar-refractivity contribution is 5.54. The lowest BCUT2D eigenvalue weighted by Gasteiger charge is -2.37. The van der Waals surface area contributed by atoms with Gasteiger partial charge in [-0.3, -0.25) is 0 Å². The molecular weight excluding hydrogens is 296 g/mol. The fourth-order valence-corrected chi connectivity index (χ4v) is 3.01. The molecule has 0 atom stereocenters. The Morgan fingerprint density at radius 1 is 0.870 bits per heavy atom. The summed E-state index contributed by atoms with van der Waals surface area (Å²) in [5.41, 5.74) is 2.31. The number of benzene rings is 2. The third kappa shape index (κ3) is 3.45. The molecular formula is C18H21F2N3. The first-order chi connectivity index (χ1) is 11.2. The molecule has 0 amide bonds. The molecule has 1 saturated heterocycles. The van der Waals surface area contributed by atoms with Crippen molar-refractivity contribution in [1.82, 2.24) is 5.32 Å². The lowest BCUT2D eigenvalue weighted by Crippen LogP contribution is -2.47. The molecule has 0 aromatic heterocycles. The minimum Gasteiger partial charge on any atom is -0.366 e. The topological polar surface area (TPSA) is 18.5 Å². The number of hydrogen-bond donors (Lipinski definition) is 1. The Kier molecular flexibility index (Phi) is 4.76. The molecule has 2 aromatic rings. The quantitative estimate of drug-likeness (QED) is 0.935. The summed E-state index contributed by atoms with van der Waals surface area (Å²) in [7, 11) is 1.87. The molecule has 0 bridgehead atoms. The summed E-state index contributed by atoms with van der Waals surface area (Å²) >= 11 is 0. The monoisotopic (exact) mass is 317 g/mol. The van der Waals surface area contributed by atoms with E-state index >= 15 is 0 Å². The molecule has 3 nitrogen and oxygen atoms in total. The second-order valence-electron chi connectivity index (χ2n) is 5.74. The molecule has 1 aliphatic rings. The van der Waals surface area contributed by atoms with Crippen LogP contribution >= 0.6 is 0 Å². The first-order valence-electron chi connectivity index (χ1n) is 7.86. The molecule has 0 unspecified atom stereocenters. The molecule has 0 radical (unpaired) electrons. The summed E-state index contributed by atoms with van der Waals surface area (Å²) in [4.78, 5) is 4.05. The standard InChI is InChI=1S/C18H21F2N3/c1-21-13-14-6-7-16(20)18(12-14)23-10-8-22(9-11-23)17-5-3-2-4-15(17)19/h2-7,12,21H,8-11,13H2,1H3. The van der Waals surface area contributed by atoms with Crippen molar-refractivity contribution in [2.24, 2.45) is 0 Å². The van der Waals surface area contributed by atoms with Gasteiger partial charge in [0.2, 0.25) is 0 Å². The summed E-state index contributed by atoms with van der Waals surface area (Å²) in [6.45, 7) is 3.41. The minimum atomic E-state index is -0.205. The van der Waals surface area contributed by atoms with E-state index in [4.69, 9.17) is 0 Å². The average molecular weight is 317 g/mol. The van der Waals surface area contributed by atoms with Gasteiger partial charge in [0, 0.05) is 32.7 Å². The van der Waals surface area contributed by atoms with Crippen molar-refractivity contribution in [1.29, 1.82) is 0 Å². The van der Waals surface area contributed by atoms with Crippen molar-refractivity contribution in [2.45, 2.75) is 6.54 Å². The van der Waals surface area contributed by atoms with Crippen LogP contribution in [0.15, 0.2) is 42.5 Å². The lowest BCUT2D eigenvalue weighted by molar-refractivity contribution is 0.581. The van der Waals surface area contributed by atoms with E-state index in [0.29, 0.717) is 44.1 Å². The third-order valence-corrected chi connectivity index (χ3v) is 4.20. The zero-order valence-electron chi connectivity index (χ0n) is 13.2. The Morgan fingerprint density at radius 2 is 1.48 bits per heavy atom. The lowest BCUT2D eigenvalue weighted by atomic mass is 10.1. The normalized spacial score (nSPS) is 15.1. The zero-order chi connectivity index (χ0) is 16.2. The molecule has 0 spiro atoms. The average Bonchev–Trinajstić information content (AvgIpc) is 2.58. The zero-order valence-corrected chi connectivity index (χ0v) is 13.2. The molecule has 1 N–H and O–H groups in total. The van der Waals surface area contributed by atoms with E-state index in [1.165, 1.54) is 12.1 Å². The SMILES string of the molecule is CNCc1ccc(F)c(N2CCN(c3ccccc3F)CC2)c1. The van der Waals surface area contributed by atoms with E-state index < -0.39 is 0 Å². The van der Waals surface area contributed by atoms with Crippen LogP contribution in [0.5, 0.6) is 0 Å². The highest BCUT2D eigenvalue weighted by Crippen LogP contribution is 2.25. The number of para-hydroxylation sites is 1. The van der Waals surface area contributed by atoms with Gasteiger partial charge in [-0.15, -0.1) is 0 Å². The van der Waals surface area contributed by atoms with Crippen LogP contribution in [-0.4, -0.2) is 33.2 Å². The van der Waals surface area contributed by atoms with Gasteiger partial charge in [0.15, 0.2) is 0 Å². The maximum atomic E-state index is 14.1. The second kappa shape index (κ2) is 6.96. The van der Waals surface area contributed by atoms with Gasteiger partial charge in [-0.2, -0.15) is 0 Å². The highest BCUT2D eigenvalue weighted by Gasteiger charge is 2.21. The predicted molar refractivity (Wildman–Crippen MR) is 90.0 cm³/mol. The van der Waals surface area contributed by atoms with Crippen LogP contribution in [0.3, 0.4) is 0 Å². The number of anilines is 2. The summed E-state index contributed by atoms with van der Waals surface area (Å²) in [5, 5.41) is 3.08. The van der Waals surface area contributed by atoms with Crippen LogP contribution in [0.2, 0.25) is 0 Å². The molecule has 3 rings (SSSR count). The van der Waals surface area contributed by atoms with Crippen molar-refractivity contribution in [3.8, 4) is 0 Å². The molecule has 0 saturated carbocycles. The van der Waals surface area contributed by atoms with E-state index in [1.54, 1.807) is 18.2 Å². The van der Waals surface area contributed by atoms with Crippen LogP contribution < -0.4 is 15.1 Å². The third-order valence-electron chi connectivity index (χ3n) is 4.20. The van der Waals surface area contributed by atoms with Gasteiger partial charge in [0.1, 0.15) is 11.6 Å². The van der Waals surface area contributed by atoms with Gasteiger partial charge in [0.05, 0.1) is 11.4 Å². The van der Waals surface area contributed by atoms with Crippen molar-refractivity contribution in [3.05, 3.63) is 59.7 Å². The fourth-order valence-electron chi connectivity index (χ4n) is 3.01. The first-order valence-corrected chi connectivity index (χ1v) is 7.86. The number of halogens is 2. The molecule has 0 aliphatic carbocycles. The van der Waals surface area contributed by atoms with Crippen molar-refractivity contribution in [2.75, 3.05) is 43.0 Å². The van der Waals surface area contributed by atoms with E-state index in [1.807, 2.05) is 29.0 Å². The van der Waals surface area contributed by atoms with Crippen LogP contribution in [-0.2, 0) is 6.54 Å². The van der Waals surface area contributed by atoms with Crippen LogP contribution in [0.1, 0.15) is 5.56 Å². The maximum Gasteiger partial charge on any atom is 0.146 e. The van der Waals surface area contributed by atoms with Crippen molar-refractivity contribution < 1.29 is 8.78 Å². The summed E-state index contributed by atoms with van der Waals surface area (Å²) in [5.74, 6) is -0.410. The largest absolute Gasteiger partial charge is 0.366 e. The van der Waals surface area contributed by atoms with Gasteiger partial charge < -0.3 is 15.1 Å². The minimum absolute atomic E-state index is 0.204. The van der Waals surface area contributed by atoms with Gasteiger partial charge in [-0.25, -0.2) is 8.78 Å². The van der Waals surface area contributed by atoms with Crippen molar-refractivity contribution in [3.63, 3.8) is 0 Å². The van der Waals surface area contributed by atoms with E-state index in [0.717, 1.165) is 5.56 Å². The fraction of sp³-hybridized carbons (Fsp3) is 0.333. The maximum absolute atomic E-state index is 14.1. The van der Waals surface area contributed by atoms with E-state index in [2.05, 4.69) is 5.32 Å². The van der Waals surface area contributed by atoms with Gasteiger partial charge in [-0.05, 0) is 36.9 Å². The number of rotatable bonds is 4. The Labute approximate surface area is 135 Å². The van der Waals surface area contributed by atoms with Gasteiger partial charge in [0.25, 0.3) is 0 Å². The molecule has 1 heterocycles. The van der Waals surface area contributed by atoms with Gasteiger partial charge >= 0.3 is 0 Å². The molecule has 5 heteroatoms. The first kappa shape index (κ1) is 15.7. The van der Waals surface area contributed by atoms with Crippen LogP contribution in [0.25, 0.3) is 0 Å². The molecule has 23 heavy (non-hydrogen) atoms. The van der Waals surface area contributed by atoms with Crippen LogP contribution in [0.4, 0.5) is 20.2 Å². The van der Waals surface area contributed by atoms with Crippen molar-refractivity contribution >= 4 is 11.4 Å². The van der Waals surface area contributed by atoms with E-state index in [-0.39, 0.29) is 11.6 Å². The molecule has 1 aliphatic heterocycles. The van der Waals surface area contributed by atoms with E-state index in [9.17, 15) is 8.78 Å². The molecule has 1 fully saturated rings. The molecule has 2 aromatic carbocycles. The van der Waals surface area contributed by atoms with Crippen LogP contribution in [0, 0.1) is 11.6 Å².